The molecule has 0 aliphatic carbocycles. The van der Waals surface area contributed by atoms with Crippen LogP contribution in [0.3, 0.4) is 0 Å². The minimum absolute atomic E-state index is 0.0394. The van der Waals surface area contributed by atoms with Gasteiger partial charge in [0.15, 0.2) is 6.29 Å². The fraction of sp³-hybridized carbons (Fsp3) is 0.500. The van der Waals surface area contributed by atoms with Crippen molar-refractivity contribution in [1.29, 1.82) is 0 Å². The molecule has 0 aliphatic heterocycles. The van der Waals surface area contributed by atoms with Crippen molar-refractivity contribution in [2.45, 2.75) is 19.3 Å². The number of hydrogen-bond acceptors (Lipinski definition) is 4. The number of carbonyl (C=O) groups excluding carboxylic acids is 1. The van der Waals surface area contributed by atoms with Crippen LogP contribution in [0.4, 0.5) is 0 Å². The summed E-state index contributed by atoms with van der Waals surface area (Å²) in [5.41, 5.74) is 1.05. The summed E-state index contributed by atoms with van der Waals surface area (Å²) in [6.45, 7) is 2.64. The molecular formula is C14H21BrN2O3. The second-order valence-electron chi connectivity index (χ2n) is 4.38. The Kier molecular flexibility index (Phi) is 7.76. The Morgan fingerprint density at radius 3 is 2.65 bits per heavy atom. The number of ether oxygens (including phenoxy) is 2. The lowest BCUT2D eigenvalue weighted by atomic mass is 10.1. The summed E-state index contributed by atoms with van der Waals surface area (Å²) >= 11 is 3.42. The van der Waals surface area contributed by atoms with Crippen LogP contribution in [-0.4, -0.2) is 39.5 Å². The van der Waals surface area contributed by atoms with Crippen LogP contribution in [0.1, 0.15) is 18.5 Å². The Bertz CT molecular complexity index is 425. The van der Waals surface area contributed by atoms with E-state index >= 15 is 0 Å². The molecule has 5 nitrogen and oxygen atoms in total. The van der Waals surface area contributed by atoms with Gasteiger partial charge in [0, 0.05) is 25.2 Å². The Hall–Kier alpha value is -0.950. The molecule has 0 fully saturated rings. The molecule has 1 aromatic rings. The van der Waals surface area contributed by atoms with Gasteiger partial charge in [0.25, 0.3) is 0 Å². The number of benzene rings is 1. The van der Waals surface area contributed by atoms with E-state index in [-0.39, 0.29) is 24.8 Å². The molecule has 0 spiro atoms. The summed E-state index contributed by atoms with van der Waals surface area (Å²) in [7, 11) is 3.12. The van der Waals surface area contributed by atoms with Crippen molar-refractivity contribution in [2.24, 2.45) is 0 Å². The molecule has 6 heteroatoms. The third kappa shape index (κ3) is 6.00. The van der Waals surface area contributed by atoms with Crippen LogP contribution in [0, 0.1) is 0 Å². The van der Waals surface area contributed by atoms with Gasteiger partial charge in [-0.2, -0.15) is 0 Å². The molecular weight excluding hydrogens is 324 g/mol. The van der Waals surface area contributed by atoms with E-state index in [0.29, 0.717) is 6.54 Å². The van der Waals surface area contributed by atoms with E-state index in [1.165, 1.54) is 0 Å². The average Bonchev–Trinajstić information content (AvgIpc) is 2.43. The van der Waals surface area contributed by atoms with Gasteiger partial charge in [0.1, 0.15) is 0 Å². The van der Waals surface area contributed by atoms with Gasteiger partial charge < -0.3 is 20.1 Å². The van der Waals surface area contributed by atoms with Gasteiger partial charge in [-0.25, -0.2) is 0 Å². The molecule has 0 aliphatic rings. The first kappa shape index (κ1) is 17.1. The molecule has 1 rings (SSSR count). The molecule has 0 radical (unpaired) electrons. The smallest absolute Gasteiger partial charge is 0.234 e. The fourth-order valence-electron chi connectivity index (χ4n) is 1.72. The summed E-state index contributed by atoms with van der Waals surface area (Å²) < 4.78 is 11.0. The second kappa shape index (κ2) is 9.07. The van der Waals surface area contributed by atoms with Crippen molar-refractivity contribution < 1.29 is 14.3 Å². The zero-order valence-electron chi connectivity index (χ0n) is 12.0. The predicted molar refractivity (Wildman–Crippen MR) is 81.4 cm³/mol. The second-order valence-corrected chi connectivity index (χ2v) is 5.29. The molecule has 0 saturated carbocycles. The molecule has 1 unspecified atom stereocenters. The van der Waals surface area contributed by atoms with E-state index in [1.54, 1.807) is 14.2 Å². The van der Waals surface area contributed by atoms with E-state index in [1.807, 2.05) is 31.2 Å². The molecule has 0 saturated heterocycles. The Morgan fingerprint density at radius 1 is 1.35 bits per heavy atom. The quantitative estimate of drug-likeness (QED) is 0.706. The number of hydrogen-bond donors (Lipinski definition) is 2. The van der Waals surface area contributed by atoms with Crippen LogP contribution >= 0.6 is 15.9 Å². The number of carbonyl (C=O) groups is 1. The molecule has 2 N–H and O–H groups in total. The van der Waals surface area contributed by atoms with Crippen LogP contribution in [-0.2, 0) is 14.3 Å². The van der Waals surface area contributed by atoms with Crippen molar-refractivity contribution in [3.63, 3.8) is 0 Å². The topological polar surface area (TPSA) is 59.6 Å². The molecule has 0 heterocycles. The summed E-state index contributed by atoms with van der Waals surface area (Å²) in [6, 6.07) is 7.83. The lowest BCUT2D eigenvalue weighted by Crippen LogP contribution is -2.39. The number of methoxy groups -OCH3 is 2. The van der Waals surface area contributed by atoms with Crippen molar-refractivity contribution in [2.75, 3.05) is 27.3 Å². The molecule has 0 bridgehead atoms. The maximum Gasteiger partial charge on any atom is 0.234 e. The van der Waals surface area contributed by atoms with Gasteiger partial charge in [-0.1, -0.05) is 28.1 Å². The van der Waals surface area contributed by atoms with Gasteiger partial charge in [0.05, 0.1) is 12.6 Å². The van der Waals surface area contributed by atoms with Crippen LogP contribution in [0.5, 0.6) is 0 Å². The van der Waals surface area contributed by atoms with E-state index < -0.39 is 0 Å². The minimum atomic E-state index is -0.342. The fourth-order valence-corrected chi connectivity index (χ4v) is 2.14. The molecule has 112 valence electrons. The van der Waals surface area contributed by atoms with E-state index in [9.17, 15) is 4.79 Å². The van der Waals surface area contributed by atoms with Crippen LogP contribution in [0.25, 0.3) is 0 Å². The highest BCUT2D eigenvalue weighted by molar-refractivity contribution is 9.10. The molecule has 0 aromatic heterocycles. The summed E-state index contributed by atoms with van der Waals surface area (Å²) in [4.78, 5) is 11.8. The highest BCUT2D eigenvalue weighted by Crippen LogP contribution is 2.17. The van der Waals surface area contributed by atoms with E-state index in [4.69, 9.17) is 9.47 Å². The predicted octanol–water partition coefficient (Wildman–Crippen LogP) is 1.83. The lowest BCUT2D eigenvalue weighted by Gasteiger charge is -2.16. The molecule has 1 atom stereocenters. The lowest BCUT2D eigenvalue weighted by molar-refractivity contribution is -0.122. The number of rotatable bonds is 8. The number of amides is 1. The first-order valence-corrected chi connectivity index (χ1v) is 7.17. The van der Waals surface area contributed by atoms with Gasteiger partial charge >= 0.3 is 0 Å². The first-order valence-electron chi connectivity index (χ1n) is 6.38. The van der Waals surface area contributed by atoms with Gasteiger partial charge in [-0.3, -0.25) is 4.79 Å². The maximum atomic E-state index is 11.8. The van der Waals surface area contributed by atoms with Crippen LogP contribution in [0.15, 0.2) is 28.7 Å². The maximum absolute atomic E-state index is 11.8. The largest absolute Gasteiger partial charge is 0.355 e. The SMILES string of the molecule is COC(CNCC(=O)NC(C)c1cccc(Br)c1)OC. The third-order valence-corrected chi connectivity index (χ3v) is 3.34. The Balaban J connectivity index is 2.35. The van der Waals surface area contributed by atoms with Crippen LogP contribution in [0.2, 0.25) is 0 Å². The minimum Gasteiger partial charge on any atom is -0.355 e. The van der Waals surface area contributed by atoms with Gasteiger partial charge in [0.2, 0.25) is 5.91 Å². The van der Waals surface area contributed by atoms with Gasteiger partial charge in [-0.15, -0.1) is 0 Å². The summed E-state index contributed by atoms with van der Waals surface area (Å²) in [5, 5.41) is 5.91. The molecule has 20 heavy (non-hydrogen) atoms. The highest BCUT2D eigenvalue weighted by Gasteiger charge is 2.10. The Morgan fingerprint density at radius 2 is 2.05 bits per heavy atom. The van der Waals surface area contributed by atoms with E-state index in [0.717, 1.165) is 10.0 Å². The number of halogens is 1. The standard InChI is InChI=1S/C14H21BrN2O3/c1-10(11-5-4-6-12(15)7-11)17-13(18)8-16-9-14(19-2)20-3/h4-7,10,14,16H,8-9H2,1-3H3,(H,17,18). The van der Waals surface area contributed by atoms with Gasteiger partial charge in [-0.05, 0) is 24.6 Å². The van der Waals surface area contributed by atoms with Crippen molar-refractivity contribution in [3.8, 4) is 0 Å². The third-order valence-electron chi connectivity index (χ3n) is 2.85. The highest BCUT2D eigenvalue weighted by atomic mass is 79.9. The molecule has 1 aromatic carbocycles. The zero-order valence-corrected chi connectivity index (χ0v) is 13.6. The number of nitrogens with one attached hydrogen (secondary N) is 2. The summed E-state index contributed by atoms with van der Waals surface area (Å²) in [5.74, 6) is -0.0663. The Labute approximate surface area is 128 Å². The zero-order chi connectivity index (χ0) is 15.0. The summed E-state index contributed by atoms with van der Waals surface area (Å²) in [6.07, 6.45) is -0.342. The van der Waals surface area contributed by atoms with E-state index in [2.05, 4.69) is 26.6 Å². The van der Waals surface area contributed by atoms with Crippen molar-refractivity contribution in [3.05, 3.63) is 34.3 Å². The van der Waals surface area contributed by atoms with Crippen molar-refractivity contribution >= 4 is 21.8 Å². The molecule has 1 amide bonds. The average molecular weight is 345 g/mol. The first-order chi connectivity index (χ1) is 9.56. The normalized spacial score (nSPS) is 12.4. The monoisotopic (exact) mass is 344 g/mol. The van der Waals surface area contributed by atoms with Crippen molar-refractivity contribution in [1.82, 2.24) is 10.6 Å². The van der Waals surface area contributed by atoms with Crippen LogP contribution < -0.4 is 10.6 Å².